The van der Waals surface area contributed by atoms with Gasteiger partial charge in [0.15, 0.2) is 5.78 Å². The summed E-state index contributed by atoms with van der Waals surface area (Å²) in [4.78, 5) is 21.3. The molecule has 2 heterocycles. The number of ketones is 1. The van der Waals surface area contributed by atoms with E-state index in [0.29, 0.717) is 23.7 Å². The summed E-state index contributed by atoms with van der Waals surface area (Å²) in [6, 6.07) is 8.79. The van der Waals surface area contributed by atoms with Gasteiger partial charge < -0.3 is 15.0 Å². The third-order valence-corrected chi connectivity index (χ3v) is 6.37. The number of alkyl halides is 1. The quantitative estimate of drug-likeness (QED) is 0.481. The second kappa shape index (κ2) is 9.06. The Morgan fingerprint density at radius 2 is 2.23 bits per heavy atom. The SMILES string of the molecule is C[C@@H]1C[C@@H](Nc2ncncc2C(=O)c2cc(Cl)n(Cc3cccc(Br)c3)c2)[C@@H](F)[C@@H]1O. The van der Waals surface area contributed by atoms with Crippen LogP contribution >= 0.6 is 27.5 Å². The zero-order valence-electron chi connectivity index (χ0n) is 16.7. The van der Waals surface area contributed by atoms with Gasteiger partial charge in [0.2, 0.25) is 0 Å². The molecule has 4 rings (SSSR count). The molecule has 1 aromatic carbocycles. The number of benzene rings is 1. The molecule has 1 aliphatic carbocycles. The minimum absolute atomic E-state index is 0.181. The van der Waals surface area contributed by atoms with E-state index in [0.717, 1.165) is 10.0 Å². The van der Waals surface area contributed by atoms with Crippen LogP contribution in [0.5, 0.6) is 0 Å². The second-order valence-electron chi connectivity index (χ2n) is 7.82. The Kier molecular flexibility index (Phi) is 6.41. The number of anilines is 1. The Labute approximate surface area is 192 Å². The van der Waals surface area contributed by atoms with Crippen LogP contribution in [0, 0.1) is 5.92 Å². The maximum atomic E-state index is 14.4. The zero-order chi connectivity index (χ0) is 22.1. The van der Waals surface area contributed by atoms with Crippen molar-refractivity contribution >= 4 is 39.1 Å². The van der Waals surface area contributed by atoms with Gasteiger partial charge in [-0.1, -0.05) is 46.6 Å². The molecule has 6 nitrogen and oxygen atoms in total. The molecule has 0 spiro atoms. The van der Waals surface area contributed by atoms with E-state index in [9.17, 15) is 14.3 Å². The smallest absolute Gasteiger partial charge is 0.199 e. The van der Waals surface area contributed by atoms with Crippen LogP contribution in [0.4, 0.5) is 10.2 Å². The number of nitrogens with zero attached hydrogens (tertiary/aromatic N) is 3. The van der Waals surface area contributed by atoms with Crippen molar-refractivity contribution in [1.82, 2.24) is 14.5 Å². The maximum Gasteiger partial charge on any atom is 0.199 e. The predicted molar refractivity (Wildman–Crippen MR) is 120 cm³/mol. The Hall–Kier alpha value is -2.29. The monoisotopic (exact) mass is 506 g/mol. The van der Waals surface area contributed by atoms with Crippen molar-refractivity contribution in [3.8, 4) is 0 Å². The summed E-state index contributed by atoms with van der Waals surface area (Å²) in [7, 11) is 0. The topological polar surface area (TPSA) is 80.0 Å². The average Bonchev–Trinajstić information content (AvgIpc) is 3.22. The van der Waals surface area contributed by atoms with E-state index in [4.69, 9.17) is 11.6 Å². The molecule has 2 N–H and O–H groups in total. The first kappa shape index (κ1) is 21.9. The number of aliphatic hydroxyl groups excluding tert-OH is 1. The minimum atomic E-state index is -1.44. The van der Waals surface area contributed by atoms with Gasteiger partial charge in [-0.3, -0.25) is 4.79 Å². The molecule has 31 heavy (non-hydrogen) atoms. The first-order chi connectivity index (χ1) is 14.8. The van der Waals surface area contributed by atoms with Crippen LogP contribution in [-0.2, 0) is 6.54 Å². The lowest BCUT2D eigenvalue weighted by molar-refractivity contribution is 0.0725. The van der Waals surface area contributed by atoms with Crippen molar-refractivity contribution < 1.29 is 14.3 Å². The molecular formula is C22H21BrClFN4O2. The second-order valence-corrected chi connectivity index (χ2v) is 9.13. The number of hydrogen-bond acceptors (Lipinski definition) is 5. The third-order valence-electron chi connectivity index (χ3n) is 5.55. The molecule has 4 atom stereocenters. The minimum Gasteiger partial charge on any atom is -0.390 e. The number of carbonyl (C=O) groups excluding carboxylic acids is 1. The van der Waals surface area contributed by atoms with Gasteiger partial charge in [-0.2, -0.15) is 0 Å². The normalized spacial score (nSPS) is 23.1. The van der Waals surface area contributed by atoms with Gasteiger partial charge in [0.1, 0.15) is 23.5 Å². The highest BCUT2D eigenvalue weighted by molar-refractivity contribution is 9.10. The van der Waals surface area contributed by atoms with Gasteiger partial charge in [0, 0.05) is 29.0 Å². The number of hydrogen-bond donors (Lipinski definition) is 2. The summed E-state index contributed by atoms with van der Waals surface area (Å²) in [6.07, 6.45) is 2.35. The molecule has 0 saturated heterocycles. The van der Waals surface area contributed by atoms with Crippen molar-refractivity contribution in [2.75, 3.05) is 5.32 Å². The van der Waals surface area contributed by atoms with Crippen molar-refractivity contribution in [2.24, 2.45) is 5.92 Å². The Morgan fingerprint density at radius 1 is 1.42 bits per heavy atom. The van der Waals surface area contributed by atoms with Crippen molar-refractivity contribution in [3.63, 3.8) is 0 Å². The van der Waals surface area contributed by atoms with E-state index in [1.807, 2.05) is 24.3 Å². The van der Waals surface area contributed by atoms with E-state index >= 15 is 0 Å². The van der Waals surface area contributed by atoms with Crippen LogP contribution < -0.4 is 5.32 Å². The first-order valence-electron chi connectivity index (χ1n) is 9.87. The van der Waals surface area contributed by atoms with E-state index in [1.165, 1.54) is 12.5 Å². The fraction of sp³-hybridized carbons (Fsp3) is 0.318. The molecule has 0 unspecified atom stereocenters. The maximum absolute atomic E-state index is 14.4. The number of halogens is 3. The van der Waals surface area contributed by atoms with Crippen LogP contribution in [0.2, 0.25) is 5.15 Å². The fourth-order valence-corrected chi connectivity index (χ4v) is 4.53. The van der Waals surface area contributed by atoms with E-state index in [-0.39, 0.29) is 23.1 Å². The molecule has 3 aromatic rings. The highest BCUT2D eigenvalue weighted by atomic mass is 79.9. The fourth-order valence-electron chi connectivity index (χ4n) is 3.86. The number of aromatic nitrogens is 3. The molecule has 1 saturated carbocycles. The molecule has 1 fully saturated rings. The predicted octanol–water partition coefficient (Wildman–Crippen LogP) is 4.49. The largest absolute Gasteiger partial charge is 0.390 e. The number of nitrogens with one attached hydrogen (secondary N) is 1. The Bertz CT molecular complexity index is 1110. The third kappa shape index (κ3) is 4.66. The van der Waals surface area contributed by atoms with Gasteiger partial charge in [-0.05, 0) is 36.1 Å². The van der Waals surface area contributed by atoms with Gasteiger partial charge in [-0.15, -0.1) is 0 Å². The highest BCUT2D eigenvalue weighted by Gasteiger charge is 2.41. The van der Waals surface area contributed by atoms with Crippen LogP contribution in [-0.4, -0.2) is 43.7 Å². The molecule has 9 heteroatoms. The highest BCUT2D eigenvalue weighted by Crippen LogP contribution is 2.31. The molecule has 162 valence electrons. The molecule has 2 aromatic heterocycles. The zero-order valence-corrected chi connectivity index (χ0v) is 19.0. The Balaban J connectivity index is 1.57. The number of carbonyl (C=O) groups is 1. The van der Waals surface area contributed by atoms with Crippen LogP contribution in [0.15, 0.2) is 53.5 Å². The summed E-state index contributed by atoms with van der Waals surface area (Å²) in [5.41, 5.74) is 1.63. The first-order valence-corrected chi connectivity index (χ1v) is 11.0. The van der Waals surface area contributed by atoms with E-state index in [2.05, 4.69) is 31.2 Å². The number of aliphatic hydroxyl groups is 1. The average molecular weight is 508 g/mol. The summed E-state index contributed by atoms with van der Waals surface area (Å²) in [5, 5.41) is 13.3. The van der Waals surface area contributed by atoms with Gasteiger partial charge in [0.25, 0.3) is 0 Å². The summed E-state index contributed by atoms with van der Waals surface area (Å²) in [6.45, 7) is 2.30. The summed E-state index contributed by atoms with van der Waals surface area (Å²) >= 11 is 9.82. The van der Waals surface area contributed by atoms with E-state index in [1.54, 1.807) is 23.8 Å². The van der Waals surface area contributed by atoms with Crippen molar-refractivity contribution in [3.05, 3.63) is 75.4 Å². The molecule has 0 amide bonds. The molecule has 0 aliphatic heterocycles. The lowest BCUT2D eigenvalue weighted by Gasteiger charge is -2.18. The summed E-state index contributed by atoms with van der Waals surface area (Å²) in [5.74, 6) is -0.260. The molecule has 0 bridgehead atoms. The summed E-state index contributed by atoms with van der Waals surface area (Å²) < 4.78 is 17.1. The van der Waals surface area contributed by atoms with Crippen LogP contribution in [0.1, 0.15) is 34.8 Å². The van der Waals surface area contributed by atoms with Crippen LogP contribution in [0.25, 0.3) is 0 Å². The Morgan fingerprint density at radius 3 is 2.94 bits per heavy atom. The van der Waals surface area contributed by atoms with E-state index < -0.39 is 18.3 Å². The van der Waals surface area contributed by atoms with Crippen LogP contribution in [0.3, 0.4) is 0 Å². The van der Waals surface area contributed by atoms with Crippen molar-refractivity contribution in [2.45, 2.75) is 38.2 Å². The van der Waals surface area contributed by atoms with Crippen molar-refractivity contribution in [1.29, 1.82) is 0 Å². The lowest BCUT2D eigenvalue weighted by Crippen LogP contribution is -2.32. The van der Waals surface area contributed by atoms with Gasteiger partial charge in [0.05, 0.1) is 17.7 Å². The lowest BCUT2D eigenvalue weighted by atomic mass is 10.1. The van der Waals surface area contributed by atoms with Gasteiger partial charge >= 0.3 is 0 Å². The molecule has 1 aliphatic rings. The van der Waals surface area contributed by atoms with Gasteiger partial charge in [-0.25, -0.2) is 14.4 Å². The molecule has 0 radical (unpaired) electrons. The number of rotatable bonds is 6. The molecular weight excluding hydrogens is 487 g/mol. The standard InChI is InChI=1S/C22H21BrClFN4O2/c1-12-5-17(19(25)20(12)30)28-22-16(8-26-11-27-22)21(31)14-7-18(24)29(10-14)9-13-3-2-4-15(23)6-13/h2-4,6-8,10-12,17,19-20,30H,5,9H2,1H3,(H,26,27,28)/t12-,17-,19-,20-/m1/s1.